The first-order chi connectivity index (χ1) is 9.89. The Morgan fingerprint density at radius 2 is 2.00 bits per heavy atom. The third-order valence-corrected chi connectivity index (χ3v) is 5.25. The number of hydrogen-bond donors (Lipinski definition) is 0. The van der Waals surface area contributed by atoms with Crippen molar-refractivity contribution >= 4 is 5.97 Å². The first kappa shape index (κ1) is 15.9. The molecule has 3 heteroatoms. The molecule has 1 fully saturated rings. The number of esters is 1. The predicted octanol–water partition coefficient (Wildman–Crippen LogP) is 4.01. The van der Waals surface area contributed by atoms with Crippen LogP contribution in [0, 0.1) is 12.3 Å². The maximum atomic E-state index is 12.6. The molecule has 0 amide bonds. The van der Waals surface area contributed by atoms with Crippen LogP contribution in [0.1, 0.15) is 51.2 Å². The summed E-state index contributed by atoms with van der Waals surface area (Å²) in [5.74, 6) is 0.772. The van der Waals surface area contributed by atoms with Crippen LogP contribution in [0.4, 0.5) is 0 Å². The molecule has 2 atom stereocenters. The summed E-state index contributed by atoms with van der Waals surface area (Å²) in [6.45, 7) is 8.58. The second kappa shape index (κ2) is 5.70. The van der Waals surface area contributed by atoms with Gasteiger partial charge in [-0.25, -0.2) is 0 Å². The molecule has 2 rings (SSSR count). The standard InChI is InChI=1S/C18H26O3/c1-6-21-16(19)18(4)11-7-10-17(18,3)14-12-13(2)8-9-15(14)20-5/h8-9,12H,6-7,10-11H2,1-5H3/t17-,18+/m0/s1. The Kier molecular flexibility index (Phi) is 4.31. The number of benzene rings is 1. The Balaban J connectivity index is 2.54. The number of rotatable bonds is 4. The zero-order chi connectivity index (χ0) is 15.7. The minimum atomic E-state index is -0.496. The summed E-state index contributed by atoms with van der Waals surface area (Å²) in [4.78, 5) is 12.6. The Labute approximate surface area is 127 Å². The Hall–Kier alpha value is -1.51. The van der Waals surface area contributed by atoms with Crippen molar-refractivity contribution < 1.29 is 14.3 Å². The fourth-order valence-corrected chi connectivity index (χ4v) is 3.65. The molecule has 0 bridgehead atoms. The number of methoxy groups -OCH3 is 1. The predicted molar refractivity (Wildman–Crippen MR) is 83.7 cm³/mol. The first-order valence-electron chi connectivity index (χ1n) is 7.71. The molecule has 1 saturated carbocycles. The van der Waals surface area contributed by atoms with Gasteiger partial charge in [0.15, 0.2) is 0 Å². The Morgan fingerprint density at radius 3 is 2.62 bits per heavy atom. The number of hydrogen-bond acceptors (Lipinski definition) is 3. The lowest BCUT2D eigenvalue weighted by atomic mass is 9.63. The van der Waals surface area contributed by atoms with Crippen LogP contribution in [0.2, 0.25) is 0 Å². The lowest BCUT2D eigenvalue weighted by Crippen LogP contribution is -2.44. The van der Waals surface area contributed by atoms with Crippen molar-refractivity contribution in [2.45, 2.75) is 52.4 Å². The van der Waals surface area contributed by atoms with Gasteiger partial charge in [-0.2, -0.15) is 0 Å². The second-order valence-corrected chi connectivity index (χ2v) is 6.44. The van der Waals surface area contributed by atoms with Gasteiger partial charge in [-0.3, -0.25) is 4.79 Å². The van der Waals surface area contributed by atoms with E-state index >= 15 is 0 Å². The highest BCUT2D eigenvalue weighted by atomic mass is 16.5. The van der Waals surface area contributed by atoms with Crippen LogP contribution in [0.3, 0.4) is 0 Å². The molecule has 0 spiro atoms. The third-order valence-electron chi connectivity index (χ3n) is 5.25. The van der Waals surface area contributed by atoms with E-state index in [1.165, 1.54) is 5.56 Å². The van der Waals surface area contributed by atoms with Crippen LogP contribution < -0.4 is 4.74 Å². The van der Waals surface area contributed by atoms with Crippen LogP contribution in [0.15, 0.2) is 18.2 Å². The SMILES string of the molecule is CCOC(=O)[C@@]1(C)CCC[C@@]1(C)c1cc(C)ccc1OC. The Bertz CT molecular complexity index is 537. The number of aryl methyl sites for hydroxylation is 1. The molecule has 1 aromatic carbocycles. The van der Waals surface area contributed by atoms with E-state index in [2.05, 4.69) is 19.9 Å². The molecule has 0 aromatic heterocycles. The van der Waals surface area contributed by atoms with Crippen molar-refractivity contribution in [1.29, 1.82) is 0 Å². The van der Waals surface area contributed by atoms with E-state index in [9.17, 15) is 4.79 Å². The first-order valence-corrected chi connectivity index (χ1v) is 7.71. The molecule has 0 aliphatic heterocycles. The van der Waals surface area contributed by atoms with Crippen molar-refractivity contribution in [3.05, 3.63) is 29.3 Å². The minimum Gasteiger partial charge on any atom is -0.496 e. The molecule has 3 nitrogen and oxygen atoms in total. The molecule has 1 aliphatic rings. The number of carbonyl (C=O) groups excluding carboxylic acids is 1. The third kappa shape index (κ3) is 2.43. The lowest BCUT2D eigenvalue weighted by molar-refractivity contribution is -0.157. The largest absolute Gasteiger partial charge is 0.496 e. The monoisotopic (exact) mass is 290 g/mol. The van der Waals surface area contributed by atoms with Crippen LogP contribution in [-0.2, 0) is 14.9 Å². The molecule has 0 unspecified atom stereocenters. The summed E-state index contributed by atoms with van der Waals surface area (Å²) in [5, 5.41) is 0. The normalized spacial score (nSPS) is 28.4. The summed E-state index contributed by atoms with van der Waals surface area (Å²) >= 11 is 0. The zero-order valence-electron chi connectivity index (χ0n) is 13.8. The summed E-state index contributed by atoms with van der Waals surface area (Å²) < 4.78 is 10.9. The molecule has 0 radical (unpaired) electrons. The molecular weight excluding hydrogens is 264 g/mol. The second-order valence-electron chi connectivity index (χ2n) is 6.44. The minimum absolute atomic E-state index is 0.0893. The van der Waals surface area contributed by atoms with Gasteiger partial charge >= 0.3 is 5.97 Å². The van der Waals surface area contributed by atoms with E-state index in [0.29, 0.717) is 6.61 Å². The molecule has 116 valence electrons. The van der Waals surface area contributed by atoms with Gasteiger partial charge in [0.2, 0.25) is 0 Å². The van der Waals surface area contributed by atoms with Gasteiger partial charge in [-0.1, -0.05) is 31.0 Å². The van der Waals surface area contributed by atoms with Gasteiger partial charge in [-0.15, -0.1) is 0 Å². The van der Waals surface area contributed by atoms with Crippen LogP contribution in [0.25, 0.3) is 0 Å². The highest BCUT2D eigenvalue weighted by molar-refractivity contribution is 5.79. The Morgan fingerprint density at radius 1 is 1.29 bits per heavy atom. The number of ether oxygens (including phenoxy) is 2. The van der Waals surface area contributed by atoms with Crippen molar-refractivity contribution in [2.75, 3.05) is 13.7 Å². The van der Waals surface area contributed by atoms with Crippen molar-refractivity contribution in [3.8, 4) is 5.75 Å². The fraction of sp³-hybridized carbons (Fsp3) is 0.611. The highest BCUT2D eigenvalue weighted by Crippen LogP contribution is 2.56. The van der Waals surface area contributed by atoms with Crippen molar-refractivity contribution in [1.82, 2.24) is 0 Å². The van der Waals surface area contributed by atoms with E-state index < -0.39 is 5.41 Å². The van der Waals surface area contributed by atoms with Gasteiger partial charge in [0.1, 0.15) is 5.75 Å². The number of carbonyl (C=O) groups is 1. The quantitative estimate of drug-likeness (QED) is 0.786. The van der Waals surface area contributed by atoms with Crippen LogP contribution in [0.5, 0.6) is 5.75 Å². The molecule has 1 aliphatic carbocycles. The molecule has 0 heterocycles. The van der Waals surface area contributed by atoms with E-state index in [1.807, 2.05) is 26.0 Å². The van der Waals surface area contributed by atoms with Crippen LogP contribution in [-0.4, -0.2) is 19.7 Å². The molecule has 0 saturated heterocycles. The summed E-state index contributed by atoms with van der Waals surface area (Å²) in [7, 11) is 1.69. The van der Waals surface area contributed by atoms with E-state index in [4.69, 9.17) is 9.47 Å². The topological polar surface area (TPSA) is 35.5 Å². The average Bonchev–Trinajstić information content (AvgIpc) is 2.77. The molecular formula is C18H26O3. The van der Waals surface area contributed by atoms with Crippen molar-refractivity contribution in [3.63, 3.8) is 0 Å². The summed E-state index contributed by atoms with van der Waals surface area (Å²) in [5.41, 5.74) is 1.56. The van der Waals surface area contributed by atoms with Gasteiger partial charge in [-0.05, 0) is 39.7 Å². The van der Waals surface area contributed by atoms with Gasteiger partial charge in [0.25, 0.3) is 0 Å². The smallest absolute Gasteiger partial charge is 0.312 e. The summed E-state index contributed by atoms with van der Waals surface area (Å²) in [6, 6.07) is 6.20. The van der Waals surface area contributed by atoms with Crippen molar-refractivity contribution in [2.24, 2.45) is 5.41 Å². The lowest BCUT2D eigenvalue weighted by Gasteiger charge is -2.40. The van der Waals surface area contributed by atoms with Gasteiger partial charge in [0, 0.05) is 11.0 Å². The molecule has 1 aromatic rings. The van der Waals surface area contributed by atoms with Crippen LogP contribution >= 0.6 is 0 Å². The van der Waals surface area contributed by atoms with E-state index in [-0.39, 0.29) is 11.4 Å². The average molecular weight is 290 g/mol. The van der Waals surface area contributed by atoms with E-state index in [1.54, 1.807) is 7.11 Å². The fourth-order valence-electron chi connectivity index (χ4n) is 3.65. The highest BCUT2D eigenvalue weighted by Gasteiger charge is 2.56. The molecule has 0 N–H and O–H groups in total. The molecule has 21 heavy (non-hydrogen) atoms. The van der Waals surface area contributed by atoms with E-state index in [0.717, 1.165) is 30.6 Å². The maximum absolute atomic E-state index is 12.6. The summed E-state index contributed by atoms with van der Waals surface area (Å²) in [6.07, 6.45) is 2.87. The zero-order valence-corrected chi connectivity index (χ0v) is 13.8. The van der Waals surface area contributed by atoms with Gasteiger partial charge < -0.3 is 9.47 Å². The maximum Gasteiger partial charge on any atom is 0.312 e. The van der Waals surface area contributed by atoms with Gasteiger partial charge in [0.05, 0.1) is 19.1 Å².